The molecule has 0 aromatic heterocycles. The number of ether oxygens (including phenoxy) is 1. The van der Waals surface area contributed by atoms with E-state index in [0.29, 0.717) is 5.41 Å². The summed E-state index contributed by atoms with van der Waals surface area (Å²) in [5, 5.41) is 3.50. The van der Waals surface area contributed by atoms with Crippen LogP contribution >= 0.6 is 0 Å². The fourth-order valence-corrected chi connectivity index (χ4v) is 3.44. The highest BCUT2D eigenvalue weighted by Gasteiger charge is 2.43. The van der Waals surface area contributed by atoms with Crippen molar-refractivity contribution in [1.29, 1.82) is 0 Å². The van der Waals surface area contributed by atoms with E-state index in [1.54, 1.807) is 0 Å². The van der Waals surface area contributed by atoms with Crippen LogP contribution in [0.2, 0.25) is 0 Å². The average molecular weight is 279 g/mol. The Morgan fingerprint density at radius 2 is 2.20 bits per heavy atom. The van der Waals surface area contributed by atoms with E-state index in [0.717, 1.165) is 38.1 Å². The zero-order valence-electron chi connectivity index (χ0n) is 12.9. The molecule has 2 aliphatic carbocycles. The van der Waals surface area contributed by atoms with Gasteiger partial charge in [0.15, 0.2) is 5.96 Å². The highest BCUT2D eigenvalue weighted by atomic mass is 16.5. The molecule has 0 atom stereocenters. The fourth-order valence-electron chi connectivity index (χ4n) is 3.44. The van der Waals surface area contributed by atoms with Gasteiger partial charge in [0.2, 0.25) is 0 Å². The third-order valence-corrected chi connectivity index (χ3v) is 5.16. The maximum absolute atomic E-state index is 5.66. The Balaban J connectivity index is 1.30. The summed E-state index contributed by atoms with van der Waals surface area (Å²) in [5.41, 5.74) is 0.644. The molecule has 0 aromatic rings. The van der Waals surface area contributed by atoms with Crippen LogP contribution in [0.15, 0.2) is 4.99 Å². The van der Waals surface area contributed by atoms with Crippen LogP contribution in [-0.2, 0) is 4.74 Å². The normalized spacial score (nSPS) is 25.1. The second-order valence-corrected chi connectivity index (χ2v) is 6.87. The SMILES string of the molecule is CN=C(NCCCOCC1CC1)N1CCC2(CCC2)C1. The number of nitrogens with one attached hydrogen (secondary N) is 1. The number of likely N-dealkylation sites (tertiary alicyclic amines) is 1. The van der Waals surface area contributed by atoms with Gasteiger partial charge in [-0.25, -0.2) is 0 Å². The van der Waals surface area contributed by atoms with Crippen LogP contribution in [0.25, 0.3) is 0 Å². The molecule has 3 fully saturated rings. The van der Waals surface area contributed by atoms with E-state index in [4.69, 9.17) is 4.74 Å². The molecule has 1 aliphatic heterocycles. The average Bonchev–Trinajstić information content (AvgIpc) is 3.12. The van der Waals surface area contributed by atoms with Crippen LogP contribution in [0.3, 0.4) is 0 Å². The third-order valence-electron chi connectivity index (χ3n) is 5.16. The van der Waals surface area contributed by atoms with Crippen molar-refractivity contribution in [3.8, 4) is 0 Å². The molecule has 0 bridgehead atoms. The molecule has 20 heavy (non-hydrogen) atoms. The van der Waals surface area contributed by atoms with Crippen molar-refractivity contribution in [3.63, 3.8) is 0 Å². The molecule has 0 amide bonds. The Bertz CT molecular complexity index is 348. The van der Waals surface area contributed by atoms with Gasteiger partial charge in [0, 0.05) is 39.9 Å². The Morgan fingerprint density at radius 3 is 2.80 bits per heavy atom. The first-order chi connectivity index (χ1) is 9.81. The van der Waals surface area contributed by atoms with Crippen molar-refractivity contribution in [2.24, 2.45) is 16.3 Å². The molecule has 2 saturated carbocycles. The molecule has 1 N–H and O–H groups in total. The monoisotopic (exact) mass is 279 g/mol. The maximum atomic E-state index is 5.66. The molecule has 1 spiro atoms. The van der Waals surface area contributed by atoms with Gasteiger partial charge in [-0.05, 0) is 49.9 Å². The van der Waals surface area contributed by atoms with Gasteiger partial charge in [-0.15, -0.1) is 0 Å². The number of guanidine groups is 1. The molecule has 0 unspecified atom stereocenters. The number of nitrogens with zero attached hydrogens (tertiary/aromatic N) is 2. The maximum Gasteiger partial charge on any atom is 0.193 e. The van der Waals surface area contributed by atoms with Crippen molar-refractivity contribution >= 4 is 5.96 Å². The van der Waals surface area contributed by atoms with E-state index in [1.807, 2.05) is 7.05 Å². The Hall–Kier alpha value is -0.770. The topological polar surface area (TPSA) is 36.9 Å². The first-order valence-corrected chi connectivity index (χ1v) is 8.35. The van der Waals surface area contributed by atoms with Gasteiger partial charge < -0.3 is 15.0 Å². The standard InChI is InChI=1S/C16H29N3O/c1-17-15(18-9-3-11-20-12-14-4-5-14)19-10-8-16(13-19)6-2-7-16/h14H,2-13H2,1H3,(H,17,18). The number of rotatable bonds is 6. The van der Waals surface area contributed by atoms with Gasteiger partial charge >= 0.3 is 0 Å². The van der Waals surface area contributed by atoms with Crippen LogP contribution in [0.1, 0.15) is 44.9 Å². The first-order valence-electron chi connectivity index (χ1n) is 8.35. The molecular formula is C16H29N3O. The summed E-state index contributed by atoms with van der Waals surface area (Å²) in [6.45, 7) is 5.22. The van der Waals surface area contributed by atoms with Crippen LogP contribution in [0.4, 0.5) is 0 Å². The molecule has 3 aliphatic rings. The predicted octanol–water partition coefficient (Wildman–Crippen LogP) is 2.25. The molecule has 3 rings (SSSR count). The second kappa shape index (κ2) is 6.33. The largest absolute Gasteiger partial charge is 0.381 e. The van der Waals surface area contributed by atoms with Gasteiger partial charge in [0.25, 0.3) is 0 Å². The highest BCUT2D eigenvalue weighted by Crippen LogP contribution is 2.47. The van der Waals surface area contributed by atoms with E-state index in [9.17, 15) is 0 Å². The Kier molecular flexibility index (Phi) is 4.49. The molecular weight excluding hydrogens is 250 g/mol. The lowest BCUT2D eigenvalue weighted by molar-refractivity contribution is 0.122. The van der Waals surface area contributed by atoms with Gasteiger partial charge in [0.1, 0.15) is 0 Å². The number of hydrogen-bond acceptors (Lipinski definition) is 2. The van der Waals surface area contributed by atoms with Crippen LogP contribution in [-0.4, -0.2) is 50.8 Å². The summed E-state index contributed by atoms with van der Waals surface area (Å²) in [5.74, 6) is 1.97. The summed E-state index contributed by atoms with van der Waals surface area (Å²) in [4.78, 5) is 6.89. The lowest BCUT2D eigenvalue weighted by atomic mass is 9.68. The second-order valence-electron chi connectivity index (χ2n) is 6.87. The molecule has 1 saturated heterocycles. The fraction of sp³-hybridized carbons (Fsp3) is 0.938. The van der Waals surface area contributed by atoms with Gasteiger partial charge in [-0.3, -0.25) is 4.99 Å². The highest BCUT2D eigenvalue weighted by molar-refractivity contribution is 5.80. The Morgan fingerprint density at radius 1 is 1.35 bits per heavy atom. The van der Waals surface area contributed by atoms with Crippen molar-refractivity contribution < 1.29 is 4.74 Å². The lowest BCUT2D eigenvalue weighted by Crippen LogP contribution is -2.43. The molecule has 0 aromatic carbocycles. The minimum atomic E-state index is 0.644. The van der Waals surface area contributed by atoms with Crippen LogP contribution in [0.5, 0.6) is 0 Å². The quantitative estimate of drug-likeness (QED) is 0.460. The minimum absolute atomic E-state index is 0.644. The summed E-state index contributed by atoms with van der Waals surface area (Å²) in [7, 11) is 1.90. The van der Waals surface area contributed by atoms with Crippen molar-refractivity contribution in [2.45, 2.75) is 44.9 Å². The number of aliphatic imine (C=N–C) groups is 1. The lowest BCUT2D eigenvalue weighted by Gasteiger charge is -2.38. The first kappa shape index (κ1) is 14.2. The van der Waals surface area contributed by atoms with Gasteiger partial charge in [0.05, 0.1) is 0 Å². The van der Waals surface area contributed by atoms with Crippen LogP contribution < -0.4 is 5.32 Å². The van der Waals surface area contributed by atoms with E-state index >= 15 is 0 Å². The Labute approximate surface area is 123 Å². The predicted molar refractivity (Wildman–Crippen MR) is 82.0 cm³/mol. The van der Waals surface area contributed by atoms with Crippen molar-refractivity contribution in [2.75, 3.05) is 39.9 Å². The molecule has 114 valence electrons. The summed E-state index contributed by atoms with van der Waals surface area (Å²) < 4.78 is 5.66. The van der Waals surface area contributed by atoms with Gasteiger partial charge in [-0.1, -0.05) is 6.42 Å². The molecule has 0 radical (unpaired) electrons. The third kappa shape index (κ3) is 3.46. The molecule has 4 heteroatoms. The molecule has 1 heterocycles. The van der Waals surface area contributed by atoms with E-state index < -0.39 is 0 Å². The number of hydrogen-bond donors (Lipinski definition) is 1. The zero-order valence-corrected chi connectivity index (χ0v) is 12.9. The van der Waals surface area contributed by atoms with Crippen molar-refractivity contribution in [1.82, 2.24) is 10.2 Å². The minimum Gasteiger partial charge on any atom is -0.381 e. The zero-order chi connectivity index (χ0) is 13.8. The smallest absolute Gasteiger partial charge is 0.193 e. The summed E-state index contributed by atoms with van der Waals surface area (Å²) in [6.07, 6.45) is 9.47. The summed E-state index contributed by atoms with van der Waals surface area (Å²) >= 11 is 0. The van der Waals surface area contributed by atoms with Crippen LogP contribution in [0, 0.1) is 11.3 Å². The summed E-state index contributed by atoms with van der Waals surface area (Å²) in [6, 6.07) is 0. The van der Waals surface area contributed by atoms with Crippen molar-refractivity contribution in [3.05, 3.63) is 0 Å². The molecule has 4 nitrogen and oxygen atoms in total. The van der Waals surface area contributed by atoms with E-state index in [-0.39, 0.29) is 0 Å². The van der Waals surface area contributed by atoms with E-state index in [1.165, 1.54) is 51.6 Å². The van der Waals surface area contributed by atoms with E-state index in [2.05, 4.69) is 15.2 Å². The van der Waals surface area contributed by atoms with Gasteiger partial charge in [-0.2, -0.15) is 0 Å².